The number of amides is 1. The molecule has 3 rings (SSSR count). The van der Waals surface area contributed by atoms with Crippen LogP contribution >= 0.6 is 27.5 Å². The molecule has 3 nitrogen and oxygen atoms in total. The molecule has 0 saturated carbocycles. The number of ether oxygens (including phenoxy) is 1. The highest BCUT2D eigenvalue weighted by Gasteiger charge is 2.16. The Balaban J connectivity index is 1.84. The lowest BCUT2D eigenvalue weighted by molar-refractivity contribution is 0.102. The van der Waals surface area contributed by atoms with Gasteiger partial charge < -0.3 is 10.1 Å². The van der Waals surface area contributed by atoms with Crippen molar-refractivity contribution in [2.45, 2.75) is 6.42 Å². The lowest BCUT2D eigenvalue weighted by atomic mass is 10.1. The number of hydrogen-bond acceptors (Lipinski definition) is 2. The highest BCUT2D eigenvalue weighted by molar-refractivity contribution is 9.10. The van der Waals surface area contributed by atoms with Crippen molar-refractivity contribution in [2.24, 2.45) is 0 Å². The Morgan fingerprint density at radius 1 is 1.30 bits per heavy atom. The number of anilines is 1. The van der Waals surface area contributed by atoms with Crippen LogP contribution in [0, 0.1) is 0 Å². The molecule has 5 heteroatoms. The second-order valence-electron chi connectivity index (χ2n) is 4.48. The van der Waals surface area contributed by atoms with Gasteiger partial charge in [-0.2, -0.15) is 0 Å². The van der Waals surface area contributed by atoms with Crippen LogP contribution < -0.4 is 10.1 Å². The minimum Gasteiger partial charge on any atom is -0.493 e. The summed E-state index contributed by atoms with van der Waals surface area (Å²) in [4.78, 5) is 12.3. The first kappa shape index (κ1) is 13.5. The van der Waals surface area contributed by atoms with Crippen molar-refractivity contribution in [2.75, 3.05) is 11.9 Å². The molecule has 0 unspecified atom stereocenters. The van der Waals surface area contributed by atoms with Crippen LogP contribution in [0.15, 0.2) is 40.9 Å². The van der Waals surface area contributed by atoms with Crippen molar-refractivity contribution < 1.29 is 9.53 Å². The molecule has 20 heavy (non-hydrogen) atoms. The zero-order chi connectivity index (χ0) is 14.1. The van der Waals surface area contributed by atoms with Gasteiger partial charge in [-0.05, 0) is 51.8 Å². The Hall–Kier alpha value is -1.52. The maximum atomic E-state index is 12.3. The highest BCUT2D eigenvalue weighted by atomic mass is 79.9. The van der Waals surface area contributed by atoms with E-state index in [0.29, 0.717) is 27.4 Å². The number of carbonyl (C=O) groups excluding carboxylic acids is 1. The standard InChI is InChI=1S/C15H11BrClNO2/c16-14-11(17)2-1-3-12(14)18-15(19)10-4-5-13-9(8-10)6-7-20-13/h1-5,8H,6-7H2,(H,18,19). The van der Waals surface area contributed by atoms with Gasteiger partial charge in [0.15, 0.2) is 0 Å². The van der Waals surface area contributed by atoms with Gasteiger partial charge in [0, 0.05) is 12.0 Å². The lowest BCUT2D eigenvalue weighted by Crippen LogP contribution is -2.12. The van der Waals surface area contributed by atoms with Gasteiger partial charge in [-0.1, -0.05) is 17.7 Å². The fraction of sp³-hybridized carbons (Fsp3) is 0.133. The van der Waals surface area contributed by atoms with Crippen LogP contribution in [0.1, 0.15) is 15.9 Å². The van der Waals surface area contributed by atoms with Gasteiger partial charge in [0.1, 0.15) is 5.75 Å². The molecule has 102 valence electrons. The van der Waals surface area contributed by atoms with E-state index in [1.165, 1.54) is 0 Å². The van der Waals surface area contributed by atoms with Crippen molar-refractivity contribution in [1.82, 2.24) is 0 Å². The van der Waals surface area contributed by atoms with Crippen molar-refractivity contribution in [3.05, 3.63) is 57.0 Å². The average Bonchev–Trinajstić information content (AvgIpc) is 2.91. The number of rotatable bonds is 2. The van der Waals surface area contributed by atoms with Gasteiger partial charge in [0.25, 0.3) is 5.91 Å². The molecule has 1 N–H and O–H groups in total. The van der Waals surface area contributed by atoms with Crippen molar-refractivity contribution in [3.63, 3.8) is 0 Å². The van der Waals surface area contributed by atoms with E-state index >= 15 is 0 Å². The molecular weight excluding hydrogens is 342 g/mol. The number of nitrogens with one attached hydrogen (secondary N) is 1. The van der Waals surface area contributed by atoms with E-state index in [2.05, 4.69) is 21.2 Å². The lowest BCUT2D eigenvalue weighted by Gasteiger charge is -2.09. The molecule has 1 aliphatic rings. The number of benzene rings is 2. The minimum atomic E-state index is -0.164. The van der Waals surface area contributed by atoms with Crippen LogP contribution in [0.25, 0.3) is 0 Å². The van der Waals surface area contributed by atoms with Gasteiger partial charge in [0.05, 0.1) is 21.8 Å². The van der Waals surface area contributed by atoms with Gasteiger partial charge in [-0.15, -0.1) is 0 Å². The number of carbonyl (C=O) groups is 1. The first-order valence-corrected chi connectivity index (χ1v) is 7.33. The van der Waals surface area contributed by atoms with Crippen LogP contribution in [0.4, 0.5) is 5.69 Å². The van der Waals surface area contributed by atoms with Gasteiger partial charge in [-0.25, -0.2) is 0 Å². The van der Waals surface area contributed by atoms with Crippen molar-refractivity contribution in [1.29, 1.82) is 0 Å². The van der Waals surface area contributed by atoms with Crippen molar-refractivity contribution >= 4 is 39.1 Å². The van der Waals surface area contributed by atoms with Crippen LogP contribution in [-0.4, -0.2) is 12.5 Å². The van der Waals surface area contributed by atoms with Gasteiger partial charge in [0.2, 0.25) is 0 Å². The Kier molecular flexibility index (Phi) is 3.68. The second kappa shape index (κ2) is 5.46. The fourth-order valence-electron chi connectivity index (χ4n) is 2.12. The predicted octanol–water partition coefficient (Wildman–Crippen LogP) is 4.29. The zero-order valence-corrected chi connectivity index (χ0v) is 12.8. The molecule has 0 spiro atoms. The zero-order valence-electron chi connectivity index (χ0n) is 10.5. The Bertz CT molecular complexity index is 688. The Morgan fingerprint density at radius 2 is 2.15 bits per heavy atom. The fourth-order valence-corrected chi connectivity index (χ4v) is 2.66. The van der Waals surface area contributed by atoms with E-state index in [9.17, 15) is 4.79 Å². The largest absolute Gasteiger partial charge is 0.493 e. The topological polar surface area (TPSA) is 38.3 Å². The Labute approximate surface area is 130 Å². The van der Waals surface area contributed by atoms with E-state index in [1.54, 1.807) is 24.3 Å². The third-order valence-corrected chi connectivity index (χ3v) is 4.55. The van der Waals surface area contributed by atoms with Crippen molar-refractivity contribution in [3.8, 4) is 5.75 Å². The smallest absolute Gasteiger partial charge is 0.255 e. The summed E-state index contributed by atoms with van der Waals surface area (Å²) in [6.45, 7) is 0.681. The molecule has 0 aliphatic carbocycles. The van der Waals surface area contributed by atoms with E-state index in [-0.39, 0.29) is 5.91 Å². The van der Waals surface area contributed by atoms with Gasteiger partial charge in [-0.3, -0.25) is 4.79 Å². The molecule has 1 amide bonds. The molecule has 1 aliphatic heterocycles. The summed E-state index contributed by atoms with van der Waals surface area (Å²) in [6, 6.07) is 10.8. The molecule has 2 aromatic rings. The first-order chi connectivity index (χ1) is 9.65. The van der Waals surface area contributed by atoms with E-state index in [0.717, 1.165) is 17.7 Å². The average molecular weight is 353 g/mol. The summed E-state index contributed by atoms with van der Waals surface area (Å²) in [5, 5.41) is 3.41. The van der Waals surface area contributed by atoms with E-state index in [1.807, 2.05) is 12.1 Å². The number of halogens is 2. The normalized spacial score (nSPS) is 12.7. The van der Waals surface area contributed by atoms with Crippen LogP contribution in [-0.2, 0) is 6.42 Å². The quantitative estimate of drug-likeness (QED) is 0.875. The summed E-state index contributed by atoms with van der Waals surface area (Å²) in [7, 11) is 0. The summed E-state index contributed by atoms with van der Waals surface area (Å²) < 4.78 is 6.11. The van der Waals surface area contributed by atoms with Gasteiger partial charge >= 0.3 is 0 Å². The van der Waals surface area contributed by atoms with Crippen LogP contribution in [0.5, 0.6) is 5.75 Å². The maximum absolute atomic E-state index is 12.3. The molecule has 0 aromatic heterocycles. The number of hydrogen-bond donors (Lipinski definition) is 1. The third-order valence-electron chi connectivity index (χ3n) is 3.15. The highest BCUT2D eigenvalue weighted by Crippen LogP contribution is 2.31. The summed E-state index contributed by atoms with van der Waals surface area (Å²) in [5.74, 6) is 0.702. The molecular formula is C15H11BrClNO2. The summed E-state index contributed by atoms with van der Waals surface area (Å²) in [6.07, 6.45) is 0.845. The SMILES string of the molecule is O=C(Nc1cccc(Cl)c1Br)c1ccc2c(c1)CCO2. The molecule has 1 heterocycles. The second-order valence-corrected chi connectivity index (χ2v) is 5.68. The molecule has 0 saturated heterocycles. The summed E-state index contributed by atoms with van der Waals surface area (Å²) in [5.41, 5.74) is 2.34. The van der Waals surface area contributed by atoms with Crippen LogP contribution in [0.3, 0.4) is 0 Å². The third kappa shape index (κ3) is 2.53. The van der Waals surface area contributed by atoms with E-state index in [4.69, 9.17) is 16.3 Å². The summed E-state index contributed by atoms with van der Waals surface area (Å²) >= 11 is 9.37. The number of fused-ring (bicyclic) bond motifs is 1. The first-order valence-electron chi connectivity index (χ1n) is 6.16. The molecule has 2 aromatic carbocycles. The molecule has 0 atom stereocenters. The Morgan fingerprint density at radius 3 is 3.00 bits per heavy atom. The van der Waals surface area contributed by atoms with Crippen LogP contribution in [0.2, 0.25) is 5.02 Å². The molecule has 0 bridgehead atoms. The predicted molar refractivity (Wildman–Crippen MR) is 82.7 cm³/mol. The van der Waals surface area contributed by atoms with E-state index < -0.39 is 0 Å². The molecule has 0 radical (unpaired) electrons. The monoisotopic (exact) mass is 351 g/mol. The molecule has 0 fully saturated rings. The maximum Gasteiger partial charge on any atom is 0.255 e. The minimum absolute atomic E-state index is 0.164.